The molecule has 1 aromatic carbocycles. The second-order valence-corrected chi connectivity index (χ2v) is 8.25. The van der Waals surface area contributed by atoms with Crippen LogP contribution in [-0.2, 0) is 0 Å². The highest BCUT2D eigenvalue weighted by Gasteiger charge is 2.28. The normalized spacial score (nSPS) is 16.3. The van der Waals surface area contributed by atoms with E-state index in [9.17, 15) is 4.79 Å². The van der Waals surface area contributed by atoms with Crippen molar-refractivity contribution >= 4 is 16.9 Å². The number of benzene rings is 1. The van der Waals surface area contributed by atoms with E-state index in [2.05, 4.69) is 24.9 Å². The molecule has 1 aliphatic rings. The van der Waals surface area contributed by atoms with Gasteiger partial charge in [0.1, 0.15) is 6.33 Å². The predicted molar refractivity (Wildman–Crippen MR) is 122 cm³/mol. The molecule has 1 aliphatic heterocycles. The topological polar surface area (TPSA) is 84.8 Å². The maximum absolute atomic E-state index is 13.4. The quantitative estimate of drug-likeness (QED) is 0.492. The summed E-state index contributed by atoms with van der Waals surface area (Å²) in [4.78, 5) is 37.4. The van der Waals surface area contributed by atoms with Gasteiger partial charge in [-0.05, 0) is 62.6 Å². The highest BCUT2D eigenvalue weighted by atomic mass is 16.2. The molecule has 32 heavy (non-hydrogen) atoms. The zero-order chi connectivity index (χ0) is 22.1. The SMILES string of the molecule is Cc1nc2ccc(C(=O)N3CCC[C@@H](c4ncncc4-c4ccncc4)C3)cc2nc1C. The molecule has 4 aromatic rings. The summed E-state index contributed by atoms with van der Waals surface area (Å²) >= 11 is 0. The van der Waals surface area contributed by atoms with Gasteiger partial charge >= 0.3 is 0 Å². The second kappa shape index (κ2) is 8.42. The van der Waals surface area contributed by atoms with E-state index in [4.69, 9.17) is 0 Å². The highest BCUT2D eigenvalue weighted by Crippen LogP contribution is 2.33. The lowest BCUT2D eigenvalue weighted by Crippen LogP contribution is -2.39. The smallest absolute Gasteiger partial charge is 0.253 e. The van der Waals surface area contributed by atoms with Crippen molar-refractivity contribution in [3.8, 4) is 11.1 Å². The van der Waals surface area contributed by atoms with Gasteiger partial charge in [0.25, 0.3) is 5.91 Å². The fourth-order valence-electron chi connectivity index (χ4n) is 4.35. The fraction of sp³-hybridized carbons (Fsp3) is 0.280. The van der Waals surface area contributed by atoms with E-state index >= 15 is 0 Å². The van der Waals surface area contributed by atoms with Gasteiger partial charge in [0.15, 0.2) is 0 Å². The van der Waals surface area contributed by atoms with Crippen molar-refractivity contribution in [1.82, 2.24) is 29.8 Å². The largest absolute Gasteiger partial charge is 0.338 e. The summed E-state index contributed by atoms with van der Waals surface area (Å²) in [6.07, 6.45) is 8.91. The van der Waals surface area contributed by atoms with E-state index in [1.165, 1.54) is 0 Å². The van der Waals surface area contributed by atoms with Crippen LogP contribution >= 0.6 is 0 Å². The number of fused-ring (bicyclic) bond motifs is 1. The molecule has 0 saturated carbocycles. The molecule has 160 valence electrons. The Kier molecular flexibility index (Phi) is 5.31. The van der Waals surface area contributed by atoms with Crippen molar-refractivity contribution in [2.24, 2.45) is 0 Å². The van der Waals surface area contributed by atoms with Gasteiger partial charge in [-0.1, -0.05) is 0 Å². The monoisotopic (exact) mass is 424 g/mol. The maximum Gasteiger partial charge on any atom is 0.253 e. The minimum Gasteiger partial charge on any atom is -0.338 e. The number of rotatable bonds is 3. The van der Waals surface area contributed by atoms with E-state index in [0.29, 0.717) is 12.1 Å². The molecule has 0 radical (unpaired) electrons. The van der Waals surface area contributed by atoms with E-state index in [-0.39, 0.29) is 11.8 Å². The van der Waals surface area contributed by atoms with Crippen molar-refractivity contribution in [3.05, 3.63) is 77.9 Å². The Bertz CT molecular complexity index is 1290. The van der Waals surface area contributed by atoms with Gasteiger partial charge in [-0.2, -0.15) is 0 Å². The Morgan fingerprint density at radius 1 is 1.00 bits per heavy atom. The molecule has 0 aliphatic carbocycles. The molecule has 5 rings (SSSR count). The van der Waals surface area contributed by atoms with Crippen LogP contribution in [-0.4, -0.2) is 48.8 Å². The number of pyridine rings is 1. The number of aromatic nitrogens is 5. The zero-order valence-electron chi connectivity index (χ0n) is 18.2. The van der Waals surface area contributed by atoms with Crippen molar-refractivity contribution in [1.29, 1.82) is 0 Å². The first-order valence-corrected chi connectivity index (χ1v) is 10.8. The van der Waals surface area contributed by atoms with Crippen molar-refractivity contribution in [2.45, 2.75) is 32.6 Å². The van der Waals surface area contributed by atoms with Crippen LogP contribution in [0, 0.1) is 13.8 Å². The van der Waals surface area contributed by atoms with Gasteiger partial charge in [0.05, 0.1) is 28.1 Å². The van der Waals surface area contributed by atoms with Gasteiger partial charge in [-0.15, -0.1) is 0 Å². The summed E-state index contributed by atoms with van der Waals surface area (Å²) in [6.45, 7) is 5.25. The molecular formula is C25H24N6O. The van der Waals surface area contributed by atoms with Gasteiger partial charge in [-0.25, -0.2) is 19.9 Å². The van der Waals surface area contributed by atoms with Crippen LogP contribution in [0.1, 0.15) is 46.2 Å². The summed E-state index contributed by atoms with van der Waals surface area (Å²) in [6, 6.07) is 9.52. The summed E-state index contributed by atoms with van der Waals surface area (Å²) in [7, 11) is 0. The lowest BCUT2D eigenvalue weighted by atomic mass is 9.90. The van der Waals surface area contributed by atoms with Crippen LogP contribution in [0.4, 0.5) is 0 Å². The molecule has 7 nitrogen and oxygen atoms in total. The van der Waals surface area contributed by atoms with Crippen molar-refractivity contribution in [2.75, 3.05) is 13.1 Å². The molecule has 1 atom stereocenters. The molecule has 4 heterocycles. The number of carbonyl (C=O) groups is 1. The molecule has 0 unspecified atom stereocenters. The number of hydrogen-bond donors (Lipinski definition) is 0. The Morgan fingerprint density at radius 3 is 2.59 bits per heavy atom. The molecule has 0 spiro atoms. The summed E-state index contributed by atoms with van der Waals surface area (Å²) < 4.78 is 0. The first-order valence-electron chi connectivity index (χ1n) is 10.8. The lowest BCUT2D eigenvalue weighted by molar-refractivity contribution is 0.0706. The zero-order valence-corrected chi connectivity index (χ0v) is 18.2. The number of hydrogen-bond acceptors (Lipinski definition) is 6. The van der Waals surface area contributed by atoms with Crippen LogP contribution in [0.2, 0.25) is 0 Å². The number of likely N-dealkylation sites (tertiary alicyclic amines) is 1. The molecule has 1 fully saturated rings. The number of carbonyl (C=O) groups excluding carboxylic acids is 1. The third-order valence-corrected chi connectivity index (χ3v) is 6.15. The Morgan fingerprint density at radius 2 is 1.78 bits per heavy atom. The average Bonchev–Trinajstić information content (AvgIpc) is 2.85. The third kappa shape index (κ3) is 3.82. The fourth-order valence-corrected chi connectivity index (χ4v) is 4.35. The van der Waals surface area contributed by atoms with Crippen LogP contribution < -0.4 is 0 Å². The van der Waals surface area contributed by atoms with E-state index < -0.39 is 0 Å². The van der Waals surface area contributed by atoms with E-state index in [1.807, 2.05) is 55.3 Å². The number of amides is 1. The highest BCUT2D eigenvalue weighted by molar-refractivity contribution is 5.97. The van der Waals surface area contributed by atoms with Gasteiger partial charge < -0.3 is 4.90 Å². The summed E-state index contributed by atoms with van der Waals surface area (Å²) in [5, 5.41) is 0. The number of nitrogens with zero attached hydrogens (tertiary/aromatic N) is 6. The summed E-state index contributed by atoms with van der Waals surface area (Å²) in [5.41, 5.74) is 7.02. The Labute approximate surface area is 186 Å². The standard InChI is InChI=1S/C25H24N6O/c1-16-17(2)30-23-12-19(5-6-22(23)29-16)25(32)31-11-3-4-20(14-31)24-21(13-27-15-28-24)18-7-9-26-10-8-18/h5-10,12-13,15,20H,3-4,11,14H2,1-2H3/t20-/m1/s1. The third-order valence-electron chi connectivity index (χ3n) is 6.15. The van der Waals surface area contributed by atoms with Crippen molar-refractivity contribution < 1.29 is 4.79 Å². The summed E-state index contributed by atoms with van der Waals surface area (Å²) in [5.74, 6) is 0.181. The van der Waals surface area contributed by atoms with Gasteiger partial charge in [0.2, 0.25) is 0 Å². The molecule has 0 bridgehead atoms. The predicted octanol–water partition coefficient (Wildman–Crippen LogP) is 4.12. The van der Waals surface area contributed by atoms with Gasteiger partial charge in [-0.3, -0.25) is 9.78 Å². The molecule has 7 heteroatoms. The molecule has 1 amide bonds. The van der Waals surface area contributed by atoms with Crippen LogP contribution in [0.15, 0.2) is 55.2 Å². The van der Waals surface area contributed by atoms with Crippen LogP contribution in [0.3, 0.4) is 0 Å². The maximum atomic E-state index is 13.4. The first-order chi connectivity index (χ1) is 15.6. The molecule has 1 saturated heterocycles. The average molecular weight is 425 g/mol. The second-order valence-electron chi connectivity index (χ2n) is 8.25. The molecule has 0 N–H and O–H groups in total. The van der Waals surface area contributed by atoms with E-state index in [1.54, 1.807) is 18.7 Å². The Balaban J connectivity index is 1.42. The van der Waals surface area contributed by atoms with Crippen LogP contribution in [0.5, 0.6) is 0 Å². The van der Waals surface area contributed by atoms with Crippen LogP contribution in [0.25, 0.3) is 22.2 Å². The minimum absolute atomic E-state index is 0.0242. The minimum atomic E-state index is 0.0242. The van der Waals surface area contributed by atoms with Crippen molar-refractivity contribution in [3.63, 3.8) is 0 Å². The molecular weight excluding hydrogens is 400 g/mol. The van der Waals surface area contributed by atoms with E-state index in [0.717, 1.165) is 58.6 Å². The number of piperidine rings is 1. The number of aryl methyl sites for hydroxylation is 2. The lowest BCUT2D eigenvalue weighted by Gasteiger charge is -2.33. The van der Waals surface area contributed by atoms with Gasteiger partial charge in [0, 0.05) is 48.7 Å². The Hall–Kier alpha value is -3.74. The molecule has 3 aromatic heterocycles. The first kappa shape index (κ1) is 20.2.